The number of anilines is 1. The molecule has 0 radical (unpaired) electrons. The Morgan fingerprint density at radius 3 is 2.58 bits per heavy atom. The molecule has 0 aliphatic heterocycles. The van der Waals surface area contributed by atoms with Gasteiger partial charge in [0.25, 0.3) is 5.56 Å². The first-order valence-corrected chi connectivity index (χ1v) is 8.45. The van der Waals surface area contributed by atoms with E-state index in [1.54, 1.807) is 12.1 Å². The predicted octanol–water partition coefficient (Wildman–Crippen LogP) is 2.61. The first-order valence-electron chi connectivity index (χ1n) is 8.45. The van der Waals surface area contributed by atoms with Gasteiger partial charge >= 0.3 is 0 Å². The highest BCUT2D eigenvalue weighted by molar-refractivity contribution is 5.92. The van der Waals surface area contributed by atoms with Gasteiger partial charge in [0.1, 0.15) is 5.82 Å². The molecule has 6 heteroatoms. The van der Waals surface area contributed by atoms with E-state index in [1.807, 2.05) is 50.1 Å². The van der Waals surface area contributed by atoms with Crippen molar-refractivity contribution in [1.29, 1.82) is 0 Å². The number of aryl methyl sites for hydroxylation is 2. The molecule has 134 valence electrons. The first kappa shape index (κ1) is 17.8. The quantitative estimate of drug-likeness (QED) is 0.741. The normalized spacial score (nSPS) is 11.1. The number of rotatable bonds is 5. The summed E-state index contributed by atoms with van der Waals surface area (Å²) in [6.45, 7) is 4.57. The number of fused-ring (bicyclic) bond motifs is 1. The highest BCUT2D eigenvalue weighted by atomic mass is 16.2. The Kier molecular flexibility index (Phi) is 5.14. The van der Waals surface area contributed by atoms with E-state index in [0.717, 1.165) is 16.8 Å². The summed E-state index contributed by atoms with van der Waals surface area (Å²) in [6.07, 6.45) is 0. The maximum Gasteiger partial charge on any atom is 0.258 e. The van der Waals surface area contributed by atoms with E-state index in [2.05, 4.69) is 21.4 Å². The van der Waals surface area contributed by atoms with Crippen molar-refractivity contribution in [2.75, 3.05) is 18.9 Å². The smallest absolute Gasteiger partial charge is 0.258 e. The fourth-order valence-electron chi connectivity index (χ4n) is 3.01. The van der Waals surface area contributed by atoms with Crippen LogP contribution in [-0.2, 0) is 11.3 Å². The fourth-order valence-corrected chi connectivity index (χ4v) is 3.01. The third-order valence-corrected chi connectivity index (χ3v) is 4.00. The summed E-state index contributed by atoms with van der Waals surface area (Å²) < 4.78 is 0. The first-order chi connectivity index (χ1) is 12.4. The van der Waals surface area contributed by atoms with Gasteiger partial charge in [-0.25, -0.2) is 4.98 Å². The van der Waals surface area contributed by atoms with Crippen molar-refractivity contribution in [1.82, 2.24) is 14.9 Å². The zero-order chi connectivity index (χ0) is 18.7. The lowest BCUT2D eigenvalue weighted by atomic mass is 10.1. The SMILES string of the molecule is Cc1cc(C)cc(NC(=O)CN(C)Cc2nc3ccccc3c(=O)[nH]2)c1. The largest absolute Gasteiger partial charge is 0.325 e. The Morgan fingerprint density at radius 1 is 1.15 bits per heavy atom. The molecule has 0 aliphatic rings. The van der Waals surface area contributed by atoms with Gasteiger partial charge in [0.15, 0.2) is 0 Å². The number of hydrogen-bond donors (Lipinski definition) is 2. The molecule has 0 aliphatic carbocycles. The minimum absolute atomic E-state index is 0.111. The molecule has 2 aromatic carbocycles. The molecule has 0 saturated carbocycles. The van der Waals surface area contributed by atoms with Crippen LogP contribution in [0.5, 0.6) is 0 Å². The van der Waals surface area contributed by atoms with Crippen LogP contribution in [0.15, 0.2) is 47.3 Å². The van der Waals surface area contributed by atoms with Crippen molar-refractivity contribution in [2.24, 2.45) is 0 Å². The zero-order valence-electron chi connectivity index (χ0n) is 15.2. The second-order valence-electron chi connectivity index (χ2n) is 6.63. The lowest BCUT2D eigenvalue weighted by Crippen LogP contribution is -2.31. The van der Waals surface area contributed by atoms with Gasteiger partial charge in [0.05, 0.1) is 24.0 Å². The second-order valence-corrected chi connectivity index (χ2v) is 6.63. The number of carbonyl (C=O) groups excluding carboxylic acids is 1. The highest BCUT2D eigenvalue weighted by Crippen LogP contribution is 2.13. The monoisotopic (exact) mass is 350 g/mol. The summed E-state index contributed by atoms with van der Waals surface area (Å²) in [6, 6.07) is 13.1. The van der Waals surface area contributed by atoms with Crippen LogP contribution in [0.25, 0.3) is 10.9 Å². The standard InChI is InChI=1S/C20H22N4O2/c1-13-8-14(2)10-15(9-13)21-19(25)12-24(3)11-18-22-17-7-5-4-6-16(17)20(26)23-18/h4-10H,11-12H2,1-3H3,(H,21,25)(H,22,23,26). The van der Waals surface area contributed by atoms with Gasteiger partial charge in [0.2, 0.25) is 5.91 Å². The summed E-state index contributed by atoms with van der Waals surface area (Å²) in [4.78, 5) is 33.4. The van der Waals surface area contributed by atoms with E-state index in [4.69, 9.17) is 0 Å². The topological polar surface area (TPSA) is 78.1 Å². The summed E-state index contributed by atoms with van der Waals surface area (Å²) in [5.41, 5.74) is 3.48. The van der Waals surface area contributed by atoms with Crippen molar-refractivity contribution in [3.05, 3.63) is 69.8 Å². The number of aromatic amines is 1. The summed E-state index contributed by atoms with van der Waals surface area (Å²) >= 11 is 0. The molecule has 1 amide bonds. The van der Waals surface area contributed by atoms with Crippen LogP contribution in [0.4, 0.5) is 5.69 Å². The van der Waals surface area contributed by atoms with Gasteiger partial charge in [-0.3, -0.25) is 14.5 Å². The average Bonchev–Trinajstić information content (AvgIpc) is 2.53. The summed E-state index contributed by atoms with van der Waals surface area (Å²) in [5, 5.41) is 3.47. The molecule has 0 saturated heterocycles. The van der Waals surface area contributed by atoms with Gasteiger partial charge in [0, 0.05) is 5.69 Å². The van der Waals surface area contributed by atoms with Crippen molar-refractivity contribution in [2.45, 2.75) is 20.4 Å². The third-order valence-electron chi connectivity index (χ3n) is 4.00. The number of H-pyrrole nitrogens is 1. The van der Waals surface area contributed by atoms with E-state index in [0.29, 0.717) is 23.3 Å². The number of aromatic nitrogens is 2. The summed E-state index contributed by atoms with van der Waals surface area (Å²) in [5.74, 6) is 0.427. The minimum Gasteiger partial charge on any atom is -0.325 e. The van der Waals surface area contributed by atoms with Crippen LogP contribution in [0.3, 0.4) is 0 Å². The van der Waals surface area contributed by atoms with E-state index in [1.165, 1.54) is 0 Å². The van der Waals surface area contributed by atoms with Gasteiger partial charge < -0.3 is 10.3 Å². The minimum atomic E-state index is -0.168. The molecular formula is C20H22N4O2. The lowest BCUT2D eigenvalue weighted by Gasteiger charge is -2.16. The number of hydrogen-bond acceptors (Lipinski definition) is 4. The number of amides is 1. The van der Waals surface area contributed by atoms with E-state index < -0.39 is 0 Å². The molecule has 3 rings (SSSR count). The van der Waals surface area contributed by atoms with Crippen LogP contribution in [0, 0.1) is 13.8 Å². The molecule has 6 nitrogen and oxygen atoms in total. The molecule has 1 aromatic heterocycles. The van der Waals surface area contributed by atoms with Crippen molar-refractivity contribution < 1.29 is 4.79 Å². The van der Waals surface area contributed by atoms with E-state index in [-0.39, 0.29) is 18.0 Å². The molecule has 2 N–H and O–H groups in total. The predicted molar refractivity (Wildman–Crippen MR) is 103 cm³/mol. The number of likely N-dealkylation sites (N-methyl/N-ethyl adjacent to an activating group) is 1. The zero-order valence-corrected chi connectivity index (χ0v) is 15.2. The van der Waals surface area contributed by atoms with Crippen molar-refractivity contribution in [3.8, 4) is 0 Å². The van der Waals surface area contributed by atoms with Crippen molar-refractivity contribution >= 4 is 22.5 Å². The van der Waals surface area contributed by atoms with Crippen LogP contribution >= 0.6 is 0 Å². The average molecular weight is 350 g/mol. The molecular weight excluding hydrogens is 328 g/mol. The maximum atomic E-state index is 12.3. The van der Waals surface area contributed by atoms with Crippen molar-refractivity contribution in [3.63, 3.8) is 0 Å². The molecule has 0 atom stereocenters. The van der Waals surface area contributed by atoms with Gasteiger partial charge in [-0.15, -0.1) is 0 Å². The number of nitrogens with one attached hydrogen (secondary N) is 2. The molecule has 3 aromatic rings. The second kappa shape index (κ2) is 7.49. The van der Waals surface area contributed by atoms with Crippen LogP contribution < -0.4 is 10.9 Å². The molecule has 26 heavy (non-hydrogen) atoms. The number of para-hydroxylation sites is 1. The fraction of sp³-hybridized carbons (Fsp3) is 0.250. The van der Waals surface area contributed by atoms with Crippen LogP contribution in [0.1, 0.15) is 17.0 Å². The Hall–Kier alpha value is -2.99. The van der Waals surface area contributed by atoms with Gasteiger partial charge in [-0.1, -0.05) is 18.2 Å². The van der Waals surface area contributed by atoms with Gasteiger partial charge in [-0.2, -0.15) is 0 Å². The van der Waals surface area contributed by atoms with E-state index in [9.17, 15) is 9.59 Å². The maximum absolute atomic E-state index is 12.3. The van der Waals surface area contributed by atoms with Gasteiger partial charge in [-0.05, 0) is 56.3 Å². The summed E-state index contributed by atoms with van der Waals surface area (Å²) in [7, 11) is 1.82. The van der Waals surface area contributed by atoms with Crippen LogP contribution in [0.2, 0.25) is 0 Å². The highest BCUT2D eigenvalue weighted by Gasteiger charge is 2.10. The molecule has 0 spiro atoms. The molecule has 0 fully saturated rings. The number of nitrogens with zero attached hydrogens (tertiary/aromatic N) is 2. The molecule has 0 unspecified atom stereocenters. The molecule has 0 bridgehead atoms. The molecule has 1 heterocycles. The lowest BCUT2D eigenvalue weighted by molar-refractivity contribution is -0.117. The Bertz CT molecular complexity index is 990. The van der Waals surface area contributed by atoms with E-state index >= 15 is 0 Å². The Morgan fingerprint density at radius 2 is 1.85 bits per heavy atom. The third kappa shape index (κ3) is 4.34. The number of carbonyl (C=O) groups is 1. The Labute approximate surface area is 151 Å². The Balaban J connectivity index is 1.66. The number of benzene rings is 2. The van der Waals surface area contributed by atoms with Crippen LogP contribution in [-0.4, -0.2) is 34.4 Å².